The van der Waals surface area contributed by atoms with Crippen molar-refractivity contribution in [3.63, 3.8) is 0 Å². The van der Waals surface area contributed by atoms with Gasteiger partial charge in [0.05, 0.1) is 0 Å². The summed E-state index contributed by atoms with van der Waals surface area (Å²) in [5, 5.41) is 3.48. The Balaban J connectivity index is 1.73. The van der Waals surface area contributed by atoms with Gasteiger partial charge in [-0.1, -0.05) is 12.8 Å². The minimum absolute atomic E-state index is 0.699. The van der Waals surface area contributed by atoms with Gasteiger partial charge >= 0.3 is 0 Å². The lowest BCUT2D eigenvalue weighted by Crippen LogP contribution is -2.31. The second kappa shape index (κ2) is 6.00. The van der Waals surface area contributed by atoms with E-state index >= 15 is 0 Å². The first-order valence-corrected chi connectivity index (χ1v) is 7.86. The Kier molecular flexibility index (Phi) is 4.12. The molecule has 0 radical (unpaired) electrons. The van der Waals surface area contributed by atoms with Crippen molar-refractivity contribution >= 4 is 0 Å². The second-order valence-corrected chi connectivity index (χ2v) is 6.25. The molecule has 0 aromatic carbocycles. The van der Waals surface area contributed by atoms with Crippen LogP contribution in [-0.2, 0) is 6.42 Å². The molecule has 1 aliphatic carbocycles. The average Bonchev–Trinajstić information content (AvgIpc) is 2.93. The van der Waals surface area contributed by atoms with Crippen LogP contribution in [0.3, 0.4) is 0 Å². The van der Waals surface area contributed by atoms with E-state index in [1.165, 1.54) is 50.8 Å². The molecule has 1 aliphatic heterocycles. The van der Waals surface area contributed by atoms with E-state index in [1.54, 1.807) is 0 Å². The van der Waals surface area contributed by atoms with Crippen molar-refractivity contribution in [3.05, 3.63) is 23.3 Å². The van der Waals surface area contributed by atoms with Crippen LogP contribution in [-0.4, -0.2) is 23.1 Å². The van der Waals surface area contributed by atoms with Crippen LogP contribution in [0.4, 0.5) is 0 Å². The minimum atomic E-state index is 0.699. The van der Waals surface area contributed by atoms with Crippen LogP contribution in [0.1, 0.15) is 61.7 Å². The number of nitrogens with zero attached hydrogens (tertiary/aromatic N) is 2. The van der Waals surface area contributed by atoms with Gasteiger partial charge in [-0.15, -0.1) is 0 Å². The molecule has 0 bridgehead atoms. The van der Waals surface area contributed by atoms with Gasteiger partial charge < -0.3 is 5.32 Å². The standard InChI is InChI=1S/C16H25N3/c1-12-9-15(14-6-2-3-7-14)19-16(18-12)10-13-5-4-8-17-11-13/h9,13-14,17H,2-8,10-11H2,1H3. The fourth-order valence-electron chi connectivity index (χ4n) is 3.53. The molecule has 1 saturated heterocycles. The summed E-state index contributed by atoms with van der Waals surface area (Å²) in [5.41, 5.74) is 2.46. The summed E-state index contributed by atoms with van der Waals surface area (Å²) < 4.78 is 0. The molecular weight excluding hydrogens is 234 g/mol. The van der Waals surface area contributed by atoms with E-state index in [0.717, 1.165) is 30.4 Å². The number of aromatic nitrogens is 2. The quantitative estimate of drug-likeness (QED) is 0.907. The van der Waals surface area contributed by atoms with Gasteiger partial charge in [-0.2, -0.15) is 0 Å². The molecule has 2 aliphatic rings. The Morgan fingerprint density at radius 2 is 2.00 bits per heavy atom. The Morgan fingerprint density at radius 3 is 2.74 bits per heavy atom. The molecule has 3 heteroatoms. The summed E-state index contributed by atoms with van der Waals surface area (Å²) in [5.74, 6) is 2.51. The Bertz CT molecular complexity index is 418. The number of nitrogens with one attached hydrogen (secondary N) is 1. The Hall–Kier alpha value is -0.960. The molecule has 3 nitrogen and oxygen atoms in total. The molecule has 0 amide bonds. The monoisotopic (exact) mass is 259 g/mol. The zero-order chi connectivity index (χ0) is 13.1. The molecule has 3 rings (SSSR count). The van der Waals surface area contributed by atoms with E-state index in [9.17, 15) is 0 Å². The van der Waals surface area contributed by atoms with Crippen LogP contribution in [0.15, 0.2) is 6.07 Å². The van der Waals surface area contributed by atoms with Crippen molar-refractivity contribution in [3.8, 4) is 0 Å². The molecule has 1 aromatic rings. The van der Waals surface area contributed by atoms with Gasteiger partial charge in [0.15, 0.2) is 0 Å². The average molecular weight is 259 g/mol. The molecule has 1 atom stereocenters. The van der Waals surface area contributed by atoms with Crippen LogP contribution in [0.25, 0.3) is 0 Å². The molecule has 1 unspecified atom stereocenters. The smallest absolute Gasteiger partial charge is 0.129 e. The SMILES string of the molecule is Cc1cc(C2CCCC2)nc(CC2CCCNC2)n1. The molecule has 19 heavy (non-hydrogen) atoms. The van der Waals surface area contributed by atoms with E-state index in [-0.39, 0.29) is 0 Å². The summed E-state index contributed by atoms with van der Waals surface area (Å²) in [4.78, 5) is 9.53. The summed E-state index contributed by atoms with van der Waals surface area (Å²) in [6, 6.07) is 2.21. The number of piperidine rings is 1. The third-order valence-electron chi connectivity index (χ3n) is 4.56. The van der Waals surface area contributed by atoms with Gasteiger partial charge in [0.1, 0.15) is 5.82 Å². The van der Waals surface area contributed by atoms with E-state index in [2.05, 4.69) is 23.3 Å². The fraction of sp³-hybridized carbons (Fsp3) is 0.750. The topological polar surface area (TPSA) is 37.8 Å². The summed E-state index contributed by atoms with van der Waals surface area (Å²) in [7, 11) is 0. The third kappa shape index (κ3) is 3.33. The Morgan fingerprint density at radius 1 is 1.16 bits per heavy atom. The van der Waals surface area contributed by atoms with E-state index in [4.69, 9.17) is 4.98 Å². The highest BCUT2D eigenvalue weighted by Gasteiger charge is 2.21. The van der Waals surface area contributed by atoms with Gasteiger partial charge in [0, 0.05) is 23.7 Å². The zero-order valence-corrected chi connectivity index (χ0v) is 12.0. The van der Waals surface area contributed by atoms with Gasteiger partial charge in [0.25, 0.3) is 0 Å². The summed E-state index contributed by atoms with van der Waals surface area (Å²) >= 11 is 0. The van der Waals surface area contributed by atoms with Crippen LogP contribution in [0.2, 0.25) is 0 Å². The van der Waals surface area contributed by atoms with Crippen molar-refractivity contribution in [2.45, 2.75) is 57.8 Å². The van der Waals surface area contributed by atoms with Crippen molar-refractivity contribution in [1.29, 1.82) is 0 Å². The third-order valence-corrected chi connectivity index (χ3v) is 4.56. The van der Waals surface area contributed by atoms with Crippen LogP contribution in [0.5, 0.6) is 0 Å². The molecule has 1 aromatic heterocycles. The van der Waals surface area contributed by atoms with Crippen molar-refractivity contribution in [2.75, 3.05) is 13.1 Å². The Labute approximate surface area is 116 Å². The van der Waals surface area contributed by atoms with Gasteiger partial charge in [-0.3, -0.25) is 0 Å². The highest BCUT2D eigenvalue weighted by molar-refractivity contribution is 5.15. The second-order valence-electron chi connectivity index (χ2n) is 6.25. The molecule has 0 spiro atoms. The highest BCUT2D eigenvalue weighted by atomic mass is 14.9. The molecule has 2 heterocycles. The number of hydrogen-bond donors (Lipinski definition) is 1. The zero-order valence-electron chi connectivity index (χ0n) is 12.0. The van der Waals surface area contributed by atoms with Crippen molar-refractivity contribution < 1.29 is 0 Å². The predicted molar refractivity (Wildman–Crippen MR) is 77.3 cm³/mol. The van der Waals surface area contributed by atoms with Crippen LogP contribution >= 0.6 is 0 Å². The molecule has 2 fully saturated rings. The minimum Gasteiger partial charge on any atom is -0.316 e. The lowest BCUT2D eigenvalue weighted by molar-refractivity contribution is 0.370. The first-order chi connectivity index (χ1) is 9.31. The van der Waals surface area contributed by atoms with Crippen LogP contribution in [0, 0.1) is 12.8 Å². The fourth-order valence-corrected chi connectivity index (χ4v) is 3.53. The van der Waals surface area contributed by atoms with E-state index in [0.29, 0.717) is 5.92 Å². The number of hydrogen-bond acceptors (Lipinski definition) is 3. The summed E-state index contributed by atoms with van der Waals surface area (Å²) in [6.07, 6.45) is 9.05. The first kappa shape index (κ1) is 13.0. The van der Waals surface area contributed by atoms with Gasteiger partial charge in [-0.25, -0.2) is 9.97 Å². The maximum atomic E-state index is 4.87. The van der Waals surface area contributed by atoms with E-state index < -0.39 is 0 Å². The number of rotatable bonds is 3. The predicted octanol–water partition coefficient (Wildman–Crippen LogP) is 2.98. The van der Waals surface area contributed by atoms with Crippen molar-refractivity contribution in [1.82, 2.24) is 15.3 Å². The van der Waals surface area contributed by atoms with Gasteiger partial charge in [0.2, 0.25) is 0 Å². The maximum absolute atomic E-state index is 4.87. The largest absolute Gasteiger partial charge is 0.316 e. The summed E-state index contributed by atoms with van der Waals surface area (Å²) in [6.45, 7) is 4.43. The van der Waals surface area contributed by atoms with Gasteiger partial charge in [-0.05, 0) is 57.7 Å². The lowest BCUT2D eigenvalue weighted by atomic mass is 9.95. The molecular formula is C16H25N3. The van der Waals surface area contributed by atoms with Crippen LogP contribution < -0.4 is 5.32 Å². The molecule has 104 valence electrons. The molecule has 1 N–H and O–H groups in total. The first-order valence-electron chi connectivity index (χ1n) is 7.86. The maximum Gasteiger partial charge on any atom is 0.129 e. The number of aryl methyl sites for hydroxylation is 1. The normalized spacial score (nSPS) is 24.8. The molecule has 1 saturated carbocycles. The van der Waals surface area contributed by atoms with E-state index in [1.807, 2.05) is 0 Å². The highest BCUT2D eigenvalue weighted by Crippen LogP contribution is 2.33. The lowest BCUT2D eigenvalue weighted by Gasteiger charge is -2.22. The van der Waals surface area contributed by atoms with Crippen molar-refractivity contribution in [2.24, 2.45) is 5.92 Å².